The van der Waals surface area contributed by atoms with Gasteiger partial charge >= 0.3 is 5.97 Å². The van der Waals surface area contributed by atoms with E-state index in [2.05, 4.69) is 81.5 Å². The molecule has 2 amide bonds. The molecule has 2 aliphatic heterocycles. The zero-order chi connectivity index (χ0) is 60.6. The van der Waals surface area contributed by atoms with Gasteiger partial charge in [0.05, 0.1) is 30.8 Å². The number of aliphatic hydroxyl groups is 10. The van der Waals surface area contributed by atoms with Gasteiger partial charge in [0.1, 0.15) is 54.7 Å². The van der Waals surface area contributed by atoms with Crippen LogP contribution in [0.1, 0.15) is 117 Å². The molecular weight excluding hydrogens is 1100 g/mol. The number of aliphatic carboxylic acids is 1. The first-order chi connectivity index (χ1) is 39.6. The lowest BCUT2D eigenvalue weighted by Gasteiger charge is -2.27. The minimum absolute atomic E-state index is 0.0450. The third kappa shape index (κ3) is 16.7. The summed E-state index contributed by atoms with van der Waals surface area (Å²) in [7, 11) is 0. The number of para-hydroxylation sites is 1. The molecular formula is C60H81N4O18S+. The van der Waals surface area contributed by atoms with Crippen LogP contribution in [0.4, 0.5) is 11.4 Å². The van der Waals surface area contributed by atoms with Crippen LogP contribution in [0.5, 0.6) is 5.75 Å². The van der Waals surface area contributed by atoms with Crippen LogP contribution in [0.2, 0.25) is 0 Å². The van der Waals surface area contributed by atoms with E-state index >= 15 is 0 Å². The molecule has 8 atom stereocenters. The summed E-state index contributed by atoms with van der Waals surface area (Å²) in [5.41, 5.74) is 6.25. The number of amides is 2. The molecule has 6 rings (SSSR count). The Labute approximate surface area is 487 Å². The van der Waals surface area contributed by atoms with Crippen LogP contribution in [-0.2, 0) is 25.0 Å². The number of carboxylic acids is 1. The Bertz CT molecular complexity index is 2860. The van der Waals surface area contributed by atoms with Gasteiger partial charge in [0.25, 0.3) is 11.8 Å². The first kappa shape index (κ1) is 66.3. The number of hydrogen-bond donors (Lipinski definition) is 14. The molecule has 83 heavy (non-hydrogen) atoms. The zero-order valence-corrected chi connectivity index (χ0v) is 48.0. The maximum atomic E-state index is 13.6. The molecule has 0 fully saturated rings. The minimum Gasteiger partial charge on any atom is -0.481 e. The van der Waals surface area contributed by atoms with Gasteiger partial charge in [0, 0.05) is 95.9 Å². The van der Waals surface area contributed by atoms with Crippen molar-refractivity contribution < 1.29 is 94.5 Å². The zero-order valence-electron chi connectivity index (χ0n) is 47.2. The van der Waals surface area contributed by atoms with Crippen molar-refractivity contribution in [1.29, 1.82) is 0 Å². The van der Waals surface area contributed by atoms with Crippen LogP contribution < -0.4 is 20.3 Å². The van der Waals surface area contributed by atoms with E-state index < -0.39 is 104 Å². The number of benzene rings is 3. The molecule has 3 aliphatic rings. The Morgan fingerprint density at radius 3 is 1.90 bits per heavy atom. The van der Waals surface area contributed by atoms with E-state index in [1.165, 1.54) is 0 Å². The topological polar surface area (TPSA) is 352 Å². The van der Waals surface area contributed by atoms with Crippen LogP contribution >= 0.6 is 12.0 Å². The van der Waals surface area contributed by atoms with E-state index in [0.29, 0.717) is 75.3 Å². The molecule has 0 bridgehead atoms. The highest BCUT2D eigenvalue weighted by Gasteiger charge is 2.45. The van der Waals surface area contributed by atoms with Gasteiger partial charge in [-0.15, -0.1) is 4.33 Å². The van der Waals surface area contributed by atoms with Gasteiger partial charge in [0.15, 0.2) is 5.71 Å². The van der Waals surface area contributed by atoms with Crippen molar-refractivity contribution in [3.63, 3.8) is 0 Å². The number of allylic oxidation sites excluding steroid dienone is 7. The number of carboxylic acid groups (broad SMARTS) is 1. The highest BCUT2D eigenvalue weighted by atomic mass is 32.2. The van der Waals surface area contributed by atoms with Gasteiger partial charge < -0.3 is 76.4 Å². The van der Waals surface area contributed by atoms with Crippen LogP contribution in [0.3, 0.4) is 0 Å². The van der Waals surface area contributed by atoms with Crippen molar-refractivity contribution in [2.24, 2.45) is 0 Å². The highest BCUT2D eigenvalue weighted by molar-refractivity contribution is 7.94. The largest absolute Gasteiger partial charge is 0.481 e. The highest BCUT2D eigenvalue weighted by Crippen LogP contribution is 2.49. The van der Waals surface area contributed by atoms with Gasteiger partial charge in [-0.05, 0) is 130 Å². The Hall–Kier alpha value is -5.87. The van der Waals surface area contributed by atoms with Crippen molar-refractivity contribution in [3.05, 3.63) is 136 Å². The second kappa shape index (κ2) is 30.8. The van der Waals surface area contributed by atoms with Crippen LogP contribution in [0, 0.1) is 0 Å². The molecule has 0 spiro atoms. The number of aliphatic hydroxyl groups excluding tert-OH is 10. The second-order valence-electron chi connectivity index (χ2n) is 22.0. The first-order valence-electron chi connectivity index (χ1n) is 27.9. The summed E-state index contributed by atoms with van der Waals surface area (Å²) >= 11 is 0.969. The summed E-state index contributed by atoms with van der Waals surface area (Å²) in [6, 6.07) is 20.0. The van der Waals surface area contributed by atoms with Crippen LogP contribution in [0.15, 0.2) is 114 Å². The molecule has 8 unspecified atom stereocenters. The Kier molecular flexibility index (Phi) is 24.6. The molecule has 0 saturated heterocycles. The molecule has 454 valence electrons. The standard InChI is InChI=1S/C60H80N4O18S/c1-59(2)41-30-38(57(77)61-32-45(67)52(73)54(75)47(69)34-65)19-23-43(41)63(27-10-6-9-18-51(71)72)49(59)25-21-36-14-13-15-37(56(36)80-40-16-7-5-8-17-40)22-26-50-60(3,4)42-31-39(20-24-44(42)64(50)28-11-12-29-83-82-81-79)58(78)62-33-46(68)53(74)55(76)48(70)35-66/h5,7-8,16-17,19-26,30-31,45-48,52-55,65-70,73-76H,6,9-15,18,27-29,32-35H2,1-4H3,(H3-,61,62,71,72,77,78,79)/p+1. The number of carbonyl (C=O) groups is 3. The molecule has 2 heterocycles. The van der Waals surface area contributed by atoms with Crippen LogP contribution in [-0.4, -0.2) is 183 Å². The van der Waals surface area contributed by atoms with E-state index in [9.17, 15) is 70.6 Å². The molecule has 3 aromatic rings. The SMILES string of the molecule is CC1(C)C(/C=C/C2=C(Oc3ccccc3)C(=C/C=C3/N(CCCCSOOO)c4ccc(C(=O)NCC(O)C(O)C(O)C(O)CO)cc4C3(C)C)/CCC2)=[N+](CCCCCC(=O)O)c2ccc(C(=O)NCC(O)C(O)C(O)C(O)CO)cc21. The molecule has 0 radical (unpaired) electrons. The fourth-order valence-electron chi connectivity index (χ4n) is 10.6. The number of nitrogens with zero attached hydrogens (tertiary/aromatic N) is 2. The second-order valence-corrected chi connectivity index (χ2v) is 22.8. The summed E-state index contributed by atoms with van der Waals surface area (Å²) < 4.78 is 13.6. The summed E-state index contributed by atoms with van der Waals surface area (Å²) in [6.07, 6.45) is -0.447. The molecule has 22 nitrogen and oxygen atoms in total. The minimum atomic E-state index is -1.86. The average Bonchev–Trinajstić information content (AvgIpc) is 1.96. The Morgan fingerprint density at radius 2 is 1.30 bits per heavy atom. The fraction of sp³-hybridized carbons (Fsp3) is 0.500. The maximum Gasteiger partial charge on any atom is 0.303 e. The van der Waals surface area contributed by atoms with Crippen molar-refractivity contribution in [3.8, 4) is 5.75 Å². The predicted molar refractivity (Wildman–Crippen MR) is 309 cm³/mol. The summed E-state index contributed by atoms with van der Waals surface area (Å²) in [5, 5.41) is 127. The summed E-state index contributed by atoms with van der Waals surface area (Å²) in [4.78, 5) is 40.8. The summed E-state index contributed by atoms with van der Waals surface area (Å²) in [5.74, 6) is -0.163. The number of unbranched alkanes of at least 4 members (excludes halogenated alkanes) is 3. The number of carbonyl (C=O) groups excluding carboxylic acids is 2. The molecule has 0 aromatic heterocycles. The lowest BCUT2D eigenvalue weighted by molar-refractivity contribution is -0.438. The molecule has 1 aliphatic carbocycles. The Morgan fingerprint density at radius 1 is 0.699 bits per heavy atom. The first-order valence-corrected chi connectivity index (χ1v) is 28.8. The van der Waals surface area contributed by atoms with Gasteiger partial charge in [-0.25, -0.2) is 5.26 Å². The van der Waals surface area contributed by atoms with Crippen molar-refractivity contribution in [2.75, 3.05) is 50.0 Å². The maximum absolute atomic E-state index is 13.6. The molecule has 23 heteroatoms. The van der Waals surface area contributed by atoms with Crippen LogP contribution in [0.25, 0.3) is 0 Å². The lowest BCUT2D eigenvalue weighted by atomic mass is 9.80. The van der Waals surface area contributed by atoms with Gasteiger partial charge in [-0.1, -0.05) is 43.2 Å². The van der Waals surface area contributed by atoms with Gasteiger partial charge in [-0.2, -0.15) is 4.58 Å². The molecule has 0 saturated carbocycles. The normalized spacial score (nSPS) is 19.5. The van der Waals surface area contributed by atoms with Crippen molar-refractivity contribution in [2.45, 2.75) is 145 Å². The average molecular weight is 1180 g/mol. The van der Waals surface area contributed by atoms with E-state index in [0.717, 1.165) is 63.5 Å². The lowest BCUT2D eigenvalue weighted by Crippen LogP contribution is -2.49. The van der Waals surface area contributed by atoms with Gasteiger partial charge in [0.2, 0.25) is 5.69 Å². The summed E-state index contributed by atoms with van der Waals surface area (Å²) in [6.45, 7) is 6.71. The van der Waals surface area contributed by atoms with Gasteiger partial charge in [-0.3, -0.25) is 14.4 Å². The quantitative estimate of drug-likeness (QED) is 0.0140. The number of rotatable bonds is 32. The number of nitrogens with one attached hydrogen (secondary N) is 2. The van der Waals surface area contributed by atoms with E-state index in [1.54, 1.807) is 24.3 Å². The van der Waals surface area contributed by atoms with E-state index in [1.807, 2.05) is 42.5 Å². The number of fused-ring (bicyclic) bond motifs is 2. The van der Waals surface area contributed by atoms with Crippen molar-refractivity contribution in [1.82, 2.24) is 10.6 Å². The Balaban J connectivity index is 1.36. The monoisotopic (exact) mass is 1180 g/mol. The third-order valence-corrected chi connectivity index (χ3v) is 16.0. The number of hydrogen-bond acceptors (Lipinski definition) is 19. The number of ether oxygens (including phenoxy) is 1. The molecule has 3 aromatic carbocycles. The van der Waals surface area contributed by atoms with E-state index in [4.69, 9.17) is 9.99 Å². The predicted octanol–water partition coefficient (Wildman–Crippen LogP) is 3.57. The van der Waals surface area contributed by atoms with Crippen molar-refractivity contribution >= 4 is 46.9 Å². The fourth-order valence-corrected chi connectivity index (χ4v) is 11.0. The molecule has 14 N–H and O–H groups in total. The number of anilines is 1. The smallest absolute Gasteiger partial charge is 0.303 e. The third-order valence-electron chi connectivity index (χ3n) is 15.4. The van der Waals surface area contributed by atoms with E-state index in [-0.39, 0.29) is 17.5 Å².